The van der Waals surface area contributed by atoms with E-state index in [1.54, 1.807) is 11.4 Å². The average Bonchev–Trinajstić information content (AvgIpc) is 2.94. The van der Waals surface area contributed by atoms with Gasteiger partial charge in [-0.15, -0.1) is 11.3 Å². The van der Waals surface area contributed by atoms with Crippen LogP contribution in [0.1, 0.15) is 39.9 Å². The van der Waals surface area contributed by atoms with Crippen LogP contribution in [0.15, 0.2) is 29.6 Å². The van der Waals surface area contributed by atoms with Crippen LogP contribution in [0.2, 0.25) is 0 Å². The quantitative estimate of drug-likeness (QED) is 0.912. The Labute approximate surface area is 121 Å². The molecule has 1 N–H and O–H groups in total. The highest BCUT2D eigenvalue weighted by Crippen LogP contribution is 2.25. The molecule has 1 aromatic heterocycles. The third kappa shape index (κ3) is 2.45. The van der Waals surface area contributed by atoms with Crippen LogP contribution in [0.5, 0.6) is 0 Å². The van der Waals surface area contributed by atoms with Gasteiger partial charge in [0.2, 0.25) is 0 Å². The van der Waals surface area contributed by atoms with Crippen LogP contribution in [0, 0.1) is 11.3 Å². The molecule has 3 nitrogen and oxygen atoms in total. The number of fused-ring (bicyclic) bond motifs is 1. The van der Waals surface area contributed by atoms with Gasteiger partial charge < -0.3 is 5.32 Å². The molecule has 0 radical (unpaired) electrons. The minimum atomic E-state index is -0.141. The minimum absolute atomic E-state index is 0.141. The Balaban J connectivity index is 1.82. The van der Waals surface area contributed by atoms with Gasteiger partial charge in [-0.3, -0.25) is 4.79 Å². The SMILES string of the molecule is N#Cc1ccsc1NC(=O)c1ccc2c(c1)CCCC2. The van der Waals surface area contributed by atoms with Crippen LogP contribution in [-0.4, -0.2) is 5.91 Å². The van der Waals surface area contributed by atoms with Crippen molar-refractivity contribution in [1.29, 1.82) is 5.26 Å². The summed E-state index contributed by atoms with van der Waals surface area (Å²) >= 11 is 1.37. The summed E-state index contributed by atoms with van der Waals surface area (Å²) in [5.41, 5.74) is 3.83. The van der Waals surface area contributed by atoms with Crippen molar-refractivity contribution in [3.63, 3.8) is 0 Å². The molecule has 0 fully saturated rings. The Morgan fingerprint density at radius 2 is 2.00 bits per heavy atom. The van der Waals surface area contributed by atoms with E-state index in [0.29, 0.717) is 16.1 Å². The Bertz CT molecular complexity index is 697. The third-order valence-electron chi connectivity index (χ3n) is 3.62. The topological polar surface area (TPSA) is 52.9 Å². The number of hydrogen-bond donors (Lipinski definition) is 1. The van der Waals surface area contributed by atoms with Crippen molar-refractivity contribution in [2.45, 2.75) is 25.7 Å². The highest BCUT2D eigenvalue weighted by atomic mass is 32.1. The number of rotatable bonds is 2. The maximum absolute atomic E-state index is 12.3. The van der Waals surface area contributed by atoms with E-state index >= 15 is 0 Å². The van der Waals surface area contributed by atoms with Crippen molar-refractivity contribution in [1.82, 2.24) is 0 Å². The molecule has 0 unspecified atom stereocenters. The van der Waals surface area contributed by atoms with Gasteiger partial charge in [-0.1, -0.05) is 6.07 Å². The van der Waals surface area contributed by atoms with Crippen molar-refractivity contribution in [2.75, 3.05) is 5.32 Å². The summed E-state index contributed by atoms with van der Waals surface area (Å²) in [7, 11) is 0. The lowest BCUT2D eigenvalue weighted by molar-refractivity contribution is 0.102. The fourth-order valence-electron chi connectivity index (χ4n) is 2.54. The van der Waals surface area contributed by atoms with E-state index in [-0.39, 0.29) is 5.91 Å². The second-order valence-electron chi connectivity index (χ2n) is 4.92. The number of aryl methyl sites for hydroxylation is 2. The molecule has 1 aliphatic carbocycles. The zero-order valence-corrected chi connectivity index (χ0v) is 11.8. The van der Waals surface area contributed by atoms with Crippen LogP contribution in [0.25, 0.3) is 0 Å². The first kappa shape index (κ1) is 12.9. The van der Waals surface area contributed by atoms with Gasteiger partial charge in [0.25, 0.3) is 5.91 Å². The Hall–Kier alpha value is -2.12. The molecule has 0 bridgehead atoms. The summed E-state index contributed by atoms with van der Waals surface area (Å²) in [6.07, 6.45) is 4.60. The summed E-state index contributed by atoms with van der Waals surface area (Å²) in [5, 5.41) is 14.2. The average molecular weight is 282 g/mol. The number of carbonyl (C=O) groups excluding carboxylic acids is 1. The molecule has 1 amide bonds. The molecule has 0 aliphatic heterocycles. The molecule has 0 atom stereocenters. The molecule has 3 rings (SSSR count). The predicted octanol–water partition coefficient (Wildman–Crippen LogP) is 3.75. The molecule has 100 valence electrons. The smallest absolute Gasteiger partial charge is 0.256 e. The molecule has 1 aromatic carbocycles. The molecule has 4 heteroatoms. The lowest BCUT2D eigenvalue weighted by Gasteiger charge is -2.16. The molecular formula is C16H14N2OS. The normalized spacial score (nSPS) is 13.3. The monoisotopic (exact) mass is 282 g/mol. The highest BCUT2D eigenvalue weighted by Gasteiger charge is 2.14. The predicted molar refractivity (Wildman–Crippen MR) is 80.1 cm³/mol. The van der Waals surface area contributed by atoms with Crippen molar-refractivity contribution in [2.24, 2.45) is 0 Å². The first-order valence-corrected chi connectivity index (χ1v) is 7.56. The molecule has 0 saturated carbocycles. The summed E-state index contributed by atoms with van der Waals surface area (Å²) < 4.78 is 0. The van der Waals surface area contributed by atoms with Gasteiger partial charge in [0.1, 0.15) is 11.1 Å². The second kappa shape index (κ2) is 5.48. The van der Waals surface area contributed by atoms with E-state index in [4.69, 9.17) is 5.26 Å². The Morgan fingerprint density at radius 3 is 2.80 bits per heavy atom. The number of nitriles is 1. The zero-order chi connectivity index (χ0) is 13.9. The van der Waals surface area contributed by atoms with Crippen molar-refractivity contribution < 1.29 is 4.79 Å². The number of anilines is 1. The molecule has 1 aliphatic rings. The van der Waals surface area contributed by atoms with E-state index in [9.17, 15) is 4.79 Å². The van der Waals surface area contributed by atoms with Crippen LogP contribution in [0.3, 0.4) is 0 Å². The van der Waals surface area contributed by atoms with Crippen molar-refractivity contribution in [3.8, 4) is 6.07 Å². The van der Waals surface area contributed by atoms with Gasteiger partial charge in [0.15, 0.2) is 0 Å². The number of hydrogen-bond acceptors (Lipinski definition) is 3. The van der Waals surface area contributed by atoms with E-state index in [1.807, 2.05) is 12.1 Å². The van der Waals surface area contributed by atoms with Gasteiger partial charge in [-0.05, 0) is 60.4 Å². The van der Waals surface area contributed by atoms with Crippen LogP contribution in [-0.2, 0) is 12.8 Å². The van der Waals surface area contributed by atoms with E-state index < -0.39 is 0 Å². The van der Waals surface area contributed by atoms with Gasteiger partial charge in [0.05, 0.1) is 5.56 Å². The lowest BCUT2D eigenvalue weighted by Crippen LogP contribution is -2.13. The second-order valence-corrected chi connectivity index (χ2v) is 5.84. The molecule has 1 heterocycles. The van der Waals surface area contributed by atoms with Crippen LogP contribution < -0.4 is 5.32 Å². The lowest BCUT2D eigenvalue weighted by atomic mass is 9.90. The first-order chi connectivity index (χ1) is 9.78. The summed E-state index contributed by atoms with van der Waals surface area (Å²) in [6, 6.07) is 9.72. The molecule has 0 saturated heterocycles. The molecular weight excluding hydrogens is 268 g/mol. The molecule has 0 spiro atoms. The number of nitrogens with one attached hydrogen (secondary N) is 1. The van der Waals surface area contributed by atoms with Gasteiger partial charge >= 0.3 is 0 Å². The van der Waals surface area contributed by atoms with E-state index in [1.165, 1.54) is 35.3 Å². The van der Waals surface area contributed by atoms with E-state index in [2.05, 4.69) is 17.5 Å². The Kier molecular flexibility index (Phi) is 3.53. The van der Waals surface area contributed by atoms with Crippen LogP contribution >= 0.6 is 11.3 Å². The van der Waals surface area contributed by atoms with E-state index in [0.717, 1.165) is 12.8 Å². The molecule has 20 heavy (non-hydrogen) atoms. The number of carbonyl (C=O) groups is 1. The van der Waals surface area contributed by atoms with Crippen molar-refractivity contribution in [3.05, 3.63) is 51.9 Å². The van der Waals surface area contributed by atoms with Crippen LogP contribution in [0.4, 0.5) is 5.00 Å². The number of amides is 1. The summed E-state index contributed by atoms with van der Waals surface area (Å²) in [6.45, 7) is 0. The summed E-state index contributed by atoms with van der Waals surface area (Å²) in [4.78, 5) is 12.3. The third-order valence-corrected chi connectivity index (χ3v) is 4.45. The Morgan fingerprint density at radius 1 is 1.20 bits per heavy atom. The van der Waals surface area contributed by atoms with Crippen molar-refractivity contribution >= 4 is 22.2 Å². The number of nitrogens with zero attached hydrogens (tertiary/aromatic N) is 1. The standard InChI is InChI=1S/C16H14N2OS/c17-10-14-7-8-20-16(14)18-15(19)13-6-5-11-3-1-2-4-12(11)9-13/h5-9H,1-4H2,(H,18,19). The summed E-state index contributed by atoms with van der Waals surface area (Å²) in [5.74, 6) is -0.141. The number of thiophene rings is 1. The van der Waals surface area contributed by atoms with Gasteiger partial charge in [0, 0.05) is 5.56 Å². The molecule has 2 aromatic rings. The first-order valence-electron chi connectivity index (χ1n) is 6.68. The zero-order valence-electron chi connectivity index (χ0n) is 11.0. The maximum atomic E-state index is 12.3. The fourth-order valence-corrected chi connectivity index (χ4v) is 3.28. The van der Waals surface area contributed by atoms with Gasteiger partial charge in [-0.2, -0.15) is 5.26 Å². The minimum Gasteiger partial charge on any atom is -0.312 e. The van der Waals surface area contributed by atoms with Gasteiger partial charge in [-0.25, -0.2) is 0 Å². The largest absolute Gasteiger partial charge is 0.312 e. The fraction of sp³-hybridized carbons (Fsp3) is 0.250. The maximum Gasteiger partial charge on any atom is 0.256 e. The number of benzene rings is 1. The highest BCUT2D eigenvalue weighted by molar-refractivity contribution is 7.14.